The van der Waals surface area contributed by atoms with Crippen LogP contribution in [0.15, 0.2) is 59.8 Å². The minimum absolute atomic E-state index is 0.0348. The first-order valence-corrected chi connectivity index (χ1v) is 11.0. The van der Waals surface area contributed by atoms with Crippen LogP contribution in [0.1, 0.15) is 42.6 Å². The second kappa shape index (κ2) is 8.25. The highest BCUT2D eigenvalue weighted by Gasteiger charge is 2.72. The highest BCUT2D eigenvalue weighted by Crippen LogP contribution is 2.52. The van der Waals surface area contributed by atoms with Crippen molar-refractivity contribution in [2.24, 2.45) is 5.41 Å². The van der Waals surface area contributed by atoms with Crippen LogP contribution in [0.2, 0.25) is 0 Å². The Morgan fingerprint density at radius 1 is 1.00 bits per heavy atom. The fourth-order valence-electron chi connectivity index (χ4n) is 4.70. The van der Waals surface area contributed by atoms with Crippen molar-refractivity contribution in [3.05, 3.63) is 70.9 Å². The second-order valence-electron chi connectivity index (χ2n) is 9.67. The van der Waals surface area contributed by atoms with Gasteiger partial charge >= 0.3 is 6.18 Å². The summed E-state index contributed by atoms with van der Waals surface area (Å²) < 4.78 is 49.7. The molecule has 0 saturated carbocycles. The number of hydrogen-bond acceptors (Lipinski definition) is 4. The van der Waals surface area contributed by atoms with Crippen molar-refractivity contribution in [1.29, 1.82) is 0 Å². The van der Waals surface area contributed by atoms with E-state index in [2.05, 4.69) is 0 Å². The number of rotatable bonds is 4. The van der Waals surface area contributed by atoms with E-state index in [4.69, 9.17) is 4.74 Å². The van der Waals surface area contributed by atoms with Crippen molar-refractivity contribution in [2.75, 3.05) is 12.0 Å². The van der Waals surface area contributed by atoms with Gasteiger partial charge in [-0.25, -0.2) is 0 Å². The smallest absolute Gasteiger partial charge is 0.425 e. The molecule has 0 unspecified atom stereocenters. The highest BCUT2D eigenvalue weighted by atomic mass is 19.4. The van der Waals surface area contributed by atoms with Crippen LogP contribution >= 0.6 is 0 Å². The van der Waals surface area contributed by atoms with E-state index in [0.29, 0.717) is 5.75 Å². The Morgan fingerprint density at radius 3 is 2.14 bits per heavy atom. The first kappa shape index (κ1) is 24.5. The van der Waals surface area contributed by atoms with Crippen molar-refractivity contribution < 1.29 is 32.3 Å². The van der Waals surface area contributed by atoms with E-state index in [0.717, 1.165) is 10.5 Å². The van der Waals surface area contributed by atoms with Gasteiger partial charge in [-0.15, -0.1) is 0 Å². The molecule has 0 saturated heterocycles. The van der Waals surface area contributed by atoms with E-state index in [1.165, 1.54) is 43.5 Å². The first-order chi connectivity index (χ1) is 16.3. The van der Waals surface area contributed by atoms with Gasteiger partial charge in [0.15, 0.2) is 5.78 Å². The summed E-state index contributed by atoms with van der Waals surface area (Å²) in [4.78, 5) is 40.9. The van der Waals surface area contributed by atoms with E-state index in [1.807, 2.05) is 12.2 Å². The van der Waals surface area contributed by atoms with Gasteiger partial charge in [0.05, 0.1) is 12.7 Å². The Hall–Kier alpha value is -3.62. The van der Waals surface area contributed by atoms with Crippen LogP contribution < -0.4 is 15.0 Å². The molecule has 1 N–H and O–H groups in total. The number of halogens is 3. The average Bonchev–Trinajstić information content (AvgIpc) is 3.02. The van der Waals surface area contributed by atoms with E-state index in [1.54, 1.807) is 26.0 Å². The molecule has 35 heavy (non-hydrogen) atoms. The molecule has 1 aliphatic carbocycles. The largest absolute Gasteiger partial charge is 0.497 e. The van der Waals surface area contributed by atoms with Gasteiger partial charge in [0.2, 0.25) is 5.54 Å². The minimum atomic E-state index is -5.27. The fraction of sp³-hybridized carbons (Fsp3) is 0.346. The Labute approximate surface area is 200 Å². The summed E-state index contributed by atoms with van der Waals surface area (Å²) >= 11 is 0. The Balaban J connectivity index is 1.90. The Bertz CT molecular complexity index is 1230. The van der Waals surface area contributed by atoms with E-state index >= 15 is 0 Å². The second-order valence-corrected chi connectivity index (χ2v) is 9.67. The van der Waals surface area contributed by atoms with Crippen LogP contribution in [0.25, 0.3) is 0 Å². The molecule has 1 aliphatic heterocycles. The number of aryl methyl sites for hydroxylation is 1. The van der Waals surface area contributed by atoms with E-state index in [9.17, 15) is 27.6 Å². The monoisotopic (exact) mass is 486 g/mol. The summed E-state index contributed by atoms with van der Waals surface area (Å²) in [5.41, 5.74) is -3.97. The van der Waals surface area contributed by atoms with Crippen molar-refractivity contribution >= 4 is 23.3 Å². The summed E-state index contributed by atoms with van der Waals surface area (Å²) in [5, 5.41) is 1.93. The number of amides is 2. The zero-order chi connectivity index (χ0) is 25.8. The van der Waals surface area contributed by atoms with Crippen molar-refractivity contribution in [3.8, 4) is 5.75 Å². The summed E-state index contributed by atoms with van der Waals surface area (Å²) in [6.07, 6.45) is -5.40. The number of carbonyl (C=O) groups excluding carboxylic acids is 3. The number of hydrogen-bond donors (Lipinski definition) is 1. The normalized spacial score (nSPS) is 21.7. The van der Waals surface area contributed by atoms with Crippen LogP contribution in [0.3, 0.4) is 0 Å². The number of Topliss-reactive ketones (excluding diaryl/α,β-unsaturated/α-hetero) is 1. The van der Waals surface area contributed by atoms with Gasteiger partial charge in [-0.3, -0.25) is 19.3 Å². The molecule has 0 spiro atoms. The lowest BCUT2D eigenvalue weighted by Crippen LogP contribution is -2.66. The molecule has 6 nitrogen and oxygen atoms in total. The van der Waals surface area contributed by atoms with Gasteiger partial charge in [0, 0.05) is 23.4 Å². The highest BCUT2D eigenvalue weighted by molar-refractivity contribution is 6.21. The van der Waals surface area contributed by atoms with Crippen LogP contribution in [0.4, 0.5) is 18.9 Å². The van der Waals surface area contributed by atoms with Gasteiger partial charge in [-0.2, -0.15) is 13.2 Å². The number of carbonyl (C=O) groups is 3. The van der Waals surface area contributed by atoms with Gasteiger partial charge < -0.3 is 10.1 Å². The third kappa shape index (κ3) is 3.98. The molecular formula is C26H25F3N2O4. The number of ketones is 1. The standard InChI is InChI=1S/C26H25F3N2O4/c1-15-5-9-17(10-6-15)31-19-13-24(2,3)14-20(32)21(19)25(23(31)34,26(27,28)29)30-22(33)16-7-11-18(35-4)12-8-16/h5-12H,13-14H2,1-4H3,(H,30,33)/t25-/m1/s1. The molecule has 2 aromatic carbocycles. The average molecular weight is 486 g/mol. The van der Waals surface area contributed by atoms with E-state index < -0.39 is 40.3 Å². The van der Waals surface area contributed by atoms with Crippen LogP contribution in [0, 0.1) is 12.3 Å². The number of allylic oxidation sites excluding steroid dienone is 1. The molecule has 2 aliphatic rings. The quantitative estimate of drug-likeness (QED) is 0.679. The number of alkyl halides is 3. The molecule has 2 amide bonds. The molecule has 1 heterocycles. The van der Waals surface area contributed by atoms with E-state index in [-0.39, 0.29) is 29.8 Å². The Morgan fingerprint density at radius 2 is 1.60 bits per heavy atom. The maximum atomic E-state index is 14.9. The predicted octanol–water partition coefficient (Wildman–Crippen LogP) is 4.72. The number of nitrogens with zero attached hydrogens (tertiary/aromatic N) is 1. The molecule has 1 atom stereocenters. The maximum Gasteiger partial charge on any atom is 0.425 e. The summed E-state index contributed by atoms with van der Waals surface area (Å²) in [5.74, 6) is -2.96. The van der Waals surface area contributed by atoms with Gasteiger partial charge in [-0.1, -0.05) is 31.5 Å². The lowest BCUT2D eigenvalue weighted by Gasteiger charge is -2.35. The third-order valence-corrected chi connectivity index (χ3v) is 6.39. The summed E-state index contributed by atoms with van der Waals surface area (Å²) in [6.45, 7) is 5.33. The third-order valence-electron chi connectivity index (χ3n) is 6.39. The minimum Gasteiger partial charge on any atom is -0.497 e. The SMILES string of the molecule is COc1ccc(C(=O)N[C@@]2(C(F)(F)F)C(=O)N(c3ccc(C)cc3)C3=C2C(=O)CC(C)(C)C3)cc1. The molecule has 0 radical (unpaired) electrons. The van der Waals surface area contributed by atoms with Gasteiger partial charge in [-0.05, 0) is 55.2 Å². The maximum absolute atomic E-state index is 14.9. The van der Waals surface area contributed by atoms with Gasteiger partial charge in [0.1, 0.15) is 5.75 Å². The van der Waals surface area contributed by atoms with Crippen LogP contribution in [-0.4, -0.2) is 36.4 Å². The zero-order valence-electron chi connectivity index (χ0n) is 19.7. The van der Waals surface area contributed by atoms with Crippen LogP contribution in [-0.2, 0) is 9.59 Å². The lowest BCUT2D eigenvalue weighted by molar-refractivity contribution is -0.186. The van der Waals surface area contributed by atoms with Crippen molar-refractivity contribution in [3.63, 3.8) is 0 Å². The molecule has 0 fully saturated rings. The summed E-state index contributed by atoms with van der Waals surface area (Å²) in [6, 6.07) is 11.8. The van der Waals surface area contributed by atoms with Crippen molar-refractivity contribution in [2.45, 2.75) is 45.3 Å². The lowest BCUT2D eigenvalue weighted by atomic mass is 9.72. The number of benzene rings is 2. The fourth-order valence-corrected chi connectivity index (χ4v) is 4.70. The molecule has 2 aromatic rings. The topological polar surface area (TPSA) is 75.7 Å². The molecule has 0 aromatic heterocycles. The molecule has 184 valence electrons. The Kier molecular flexibility index (Phi) is 5.78. The zero-order valence-corrected chi connectivity index (χ0v) is 19.7. The number of ether oxygens (including phenoxy) is 1. The summed E-state index contributed by atoms with van der Waals surface area (Å²) in [7, 11) is 1.41. The molecule has 9 heteroatoms. The number of methoxy groups -OCH3 is 1. The predicted molar refractivity (Wildman–Crippen MR) is 123 cm³/mol. The number of anilines is 1. The van der Waals surface area contributed by atoms with Gasteiger partial charge in [0.25, 0.3) is 11.8 Å². The molecule has 0 bridgehead atoms. The van der Waals surface area contributed by atoms with Crippen LogP contribution in [0.5, 0.6) is 5.75 Å². The van der Waals surface area contributed by atoms with Crippen molar-refractivity contribution in [1.82, 2.24) is 5.32 Å². The molecule has 4 rings (SSSR count). The molecular weight excluding hydrogens is 461 g/mol. The first-order valence-electron chi connectivity index (χ1n) is 11.0. The number of nitrogens with one attached hydrogen (secondary N) is 1.